The fourth-order valence-corrected chi connectivity index (χ4v) is 2.18. The number of amides is 2. The fraction of sp³-hybridized carbons (Fsp3) is 0.333. The molecule has 1 aromatic rings. The van der Waals surface area contributed by atoms with Crippen molar-refractivity contribution < 1.29 is 9.18 Å². The summed E-state index contributed by atoms with van der Waals surface area (Å²) in [6.07, 6.45) is 1.98. The van der Waals surface area contributed by atoms with E-state index in [0.717, 1.165) is 18.4 Å². The summed E-state index contributed by atoms with van der Waals surface area (Å²) in [5, 5.41) is 0. The number of benzene rings is 1. The van der Waals surface area contributed by atoms with Gasteiger partial charge < -0.3 is 10.6 Å². The third-order valence-corrected chi connectivity index (χ3v) is 3.13. The van der Waals surface area contributed by atoms with Crippen molar-refractivity contribution in [3.8, 4) is 0 Å². The van der Waals surface area contributed by atoms with Crippen LogP contribution in [0.3, 0.4) is 0 Å². The third kappa shape index (κ3) is 1.67. The van der Waals surface area contributed by atoms with E-state index < -0.39 is 0 Å². The Kier molecular flexibility index (Phi) is 2.14. The van der Waals surface area contributed by atoms with Gasteiger partial charge in [-0.05, 0) is 30.5 Å². The zero-order valence-corrected chi connectivity index (χ0v) is 9.14. The highest BCUT2D eigenvalue weighted by molar-refractivity contribution is 6.03. The maximum atomic E-state index is 12.9. The molecule has 1 heterocycles. The minimum Gasteiger partial charge on any atom is -0.385 e. The number of hydrogen-bond acceptors (Lipinski definition) is 2. The van der Waals surface area contributed by atoms with Gasteiger partial charge in [0.1, 0.15) is 17.7 Å². The van der Waals surface area contributed by atoms with Gasteiger partial charge >= 0.3 is 6.03 Å². The highest BCUT2D eigenvalue weighted by atomic mass is 19.1. The monoisotopic (exact) mass is 233 g/mol. The van der Waals surface area contributed by atoms with Gasteiger partial charge in [-0.15, -0.1) is 0 Å². The molecule has 1 atom stereocenters. The van der Waals surface area contributed by atoms with Crippen molar-refractivity contribution in [1.82, 2.24) is 4.90 Å². The predicted octanol–water partition coefficient (Wildman–Crippen LogP) is 1.82. The molecule has 1 aliphatic heterocycles. The maximum Gasteiger partial charge on any atom is 0.346 e. The molecule has 3 rings (SSSR count). The lowest BCUT2D eigenvalue weighted by atomic mass is 10.1. The van der Waals surface area contributed by atoms with Gasteiger partial charge in [-0.1, -0.05) is 12.1 Å². The minimum absolute atomic E-state index is 0.238. The molecule has 2 amide bonds. The third-order valence-electron chi connectivity index (χ3n) is 3.13. The van der Waals surface area contributed by atoms with Crippen LogP contribution >= 0.6 is 0 Å². The largest absolute Gasteiger partial charge is 0.385 e. The van der Waals surface area contributed by atoms with Gasteiger partial charge in [0, 0.05) is 6.04 Å². The SMILES string of the molecule is NC1=NC(=O)N(C2CC2)C1c1ccc(F)cc1. The second kappa shape index (κ2) is 3.55. The van der Waals surface area contributed by atoms with E-state index in [1.54, 1.807) is 17.0 Å². The Balaban J connectivity index is 1.96. The van der Waals surface area contributed by atoms with Crippen molar-refractivity contribution in [1.29, 1.82) is 0 Å². The van der Waals surface area contributed by atoms with Gasteiger partial charge in [-0.3, -0.25) is 0 Å². The Morgan fingerprint density at radius 3 is 2.53 bits per heavy atom. The van der Waals surface area contributed by atoms with E-state index in [2.05, 4.69) is 4.99 Å². The van der Waals surface area contributed by atoms with Gasteiger partial charge in [0.2, 0.25) is 0 Å². The van der Waals surface area contributed by atoms with Crippen LogP contribution in [0.15, 0.2) is 29.3 Å². The first kappa shape index (κ1) is 10.3. The van der Waals surface area contributed by atoms with Crippen molar-refractivity contribution >= 4 is 11.9 Å². The number of urea groups is 1. The number of halogens is 1. The molecule has 1 saturated carbocycles. The Morgan fingerprint density at radius 2 is 1.94 bits per heavy atom. The summed E-state index contributed by atoms with van der Waals surface area (Å²) in [5.74, 6) is 0.0000591. The summed E-state index contributed by atoms with van der Waals surface area (Å²) < 4.78 is 12.9. The lowest BCUT2D eigenvalue weighted by Gasteiger charge is -2.24. The Hall–Kier alpha value is -1.91. The summed E-state index contributed by atoms with van der Waals surface area (Å²) in [7, 11) is 0. The van der Waals surface area contributed by atoms with Crippen LogP contribution in [0.25, 0.3) is 0 Å². The van der Waals surface area contributed by atoms with Crippen LogP contribution in [0.4, 0.5) is 9.18 Å². The van der Waals surface area contributed by atoms with Crippen LogP contribution < -0.4 is 5.73 Å². The molecular weight excluding hydrogens is 221 g/mol. The molecule has 0 saturated heterocycles. The van der Waals surface area contributed by atoms with E-state index in [9.17, 15) is 9.18 Å². The molecule has 1 unspecified atom stereocenters. The summed E-state index contributed by atoms with van der Waals surface area (Å²) in [5.41, 5.74) is 6.60. The smallest absolute Gasteiger partial charge is 0.346 e. The average molecular weight is 233 g/mol. The lowest BCUT2D eigenvalue weighted by molar-refractivity contribution is 0.203. The predicted molar refractivity (Wildman–Crippen MR) is 61.0 cm³/mol. The van der Waals surface area contributed by atoms with Crippen molar-refractivity contribution in [2.24, 2.45) is 10.7 Å². The summed E-state index contributed by atoms with van der Waals surface area (Å²) in [4.78, 5) is 17.2. The van der Waals surface area contributed by atoms with Gasteiger partial charge in [0.15, 0.2) is 0 Å². The number of carbonyl (C=O) groups is 1. The van der Waals surface area contributed by atoms with Crippen LogP contribution in [-0.2, 0) is 0 Å². The Labute approximate surface area is 97.9 Å². The summed E-state index contributed by atoms with van der Waals surface area (Å²) in [6.45, 7) is 0. The van der Waals surface area contributed by atoms with Crippen LogP contribution in [0.2, 0.25) is 0 Å². The Bertz CT molecular complexity index is 493. The number of nitrogens with zero attached hydrogens (tertiary/aromatic N) is 2. The van der Waals surface area contributed by atoms with E-state index in [1.807, 2.05) is 0 Å². The molecule has 17 heavy (non-hydrogen) atoms. The lowest BCUT2D eigenvalue weighted by Crippen LogP contribution is -2.34. The molecule has 2 N–H and O–H groups in total. The average Bonchev–Trinajstić information content (AvgIpc) is 3.07. The zero-order chi connectivity index (χ0) is 12.0. The number of hydrogen-bond donors (Lipinski definition) is 1. The second-order valence-electron chi connectivity index (χ2n) is 4.41. The van der Waals surface area contributed by atoms with E-state index in [4.69, 9.17) is 5.73 Å². The molecule has 5 heteroatoms. The summed E-state index contributed by atoms with van der Waals surface area (Å²) in [6, 6.07) is 5.68. The first-order valence-electron chi connectivity index (χ1n) is 5.58. The quantitative estimate of drug-likeness (QED) is 0.847. The van der Waals surface area contributed by atoms with Crippen LogP contribution in [-0.4, -0.2) is 22.8 Å². The number of nitrogens with two attached hydrogens (primary N) is 1. The molecule has 0 radical (unpaired) electrons. The van der Waals surface area contributed by atoms with Crippen LogP contribution in [0, 0.1) is 5.82 Å². The van der Waals surface area contributed by atoms with Crippen LogP contribution in [0.5, 0.6) is 0 Å². The van der Waals surface area contributed by atoms with E-state index in [-0.39, 0.29) is 23.9 Å². The molecular formula is C12H12FN3O. The maximum absolute atomic E-state index is 12.9. The molecule has 2 aliphatic rings. The number of aliphatic imine (C=N–C) groups is 1. The Morgan fingerprint density at radius 1 is 1.29 bits per heavy atom. The fourth-order valence-electron chi connectivity index (χ4n) is 2.18. The molecule has 1 aliphatic carbocycles. The standard InChI is InChI=1S/C12H12FN3O/c13-8-3-1-7(2-4-8)10-11(14)15-12(17)16(10)9-5-6-9/h1-4,9-10H,5-6H2,(H2,14,15,17). The molecule has 4 nitrogen and oxygen atoms in total. The zero-order valence-electron chi connectivity index (χ0n) is 9.14. The first-order valence-corrected chi connectivity index (χ1v) is 5.58. The van der Waals surface area contributed by atoms with E-state index in [1.165, 1.54) is 12.1 Å². The molecule has 88 valence electrons. The molecule has 0 aromatic heterocycles. The molecule has 1 fully saturated rings. The second-order valence-corrected chi connectivity index (χ2v) is 4.41. The molecule has 1 aromatic carbocycles. The number of rotatable bonds is 2. The van der Waals surface area contributed by atoms with Crippen molar-refractivity contribution in [3.63, 3.8) is 0 Å². The van der Waals surface area contributed by atoms with Gasteiger partial charge in [0.25, 0.3) is 0 Å². The van der Waals surface area contributed by atoms with Gasteiger partial charge in [0.05, 0.1) is 0 Å². The van der Waals surface area contributed by atoms with Gasteiger partial charge in [-0.2, -0.15) is 4.99 Å². The topological polar surface area (TPSA) is 58.7 Å². The van der Waals surface area contributed by atoms with E-state index in [0.29, 0.717) is 5.84 Å². The number of carbonyl (C=O) groups excluding carboxylic acids is 1. The number of amidine groups is 1. The molecule has 0 bridgehead atoms. The van der Waals surface area contributed by atoms with E-state index >= 15 is 0 Å². The molecule has 0 spiro atoms. The highest BCUT2D eigenvalue weighted by Crippen LogP contribution is 2.37. The minimum atomic E-state index is -0.324. The first-order chi connectivity index (χ1) is 8.16. The normalized spacial score (nSPS) is 24.1. The van der Waals surface area contributed by atoms with Crippen LogP contribution in [0.1, 0.15) is 24.4 Å². The summed E-state index contributed by atoms with van der Waals surface area (Å²) >= 11 is 0. The van der Waals surface area contributed by atoms with Gasteiger partial charge in [-0.25, -0.2) is 9.18 Å². The highest BCUT2D eigenvalue weighted by Gasteiger charge is 2.43. The van der Waals surface area contributed by atoms with Crippen molar-refractivity contribution in [2.75, 3.05) is 0 Å². The van der Waals surface area contributed by atoms with Crippen molar-refractivity contribution in [3.05, 3.63) is 35.6 Å². The van der Waals surface area contributed by atoms with Crippen molar-refractivity contribution in [2.45, 2.75) is 24.9 Å².